The second-order valence-electron chi connectivity index (χ2n) is 6.94. The van der Waals surface area contributed by atoms with Crippen molar-refractivity contribution in [1.82, 2.24) is 5.32 Å². The van der Waals surface area contributed by atoms with E-state index in [0.717, 1.165) is 19.3 Å². The first-order chi connectivity index (χ1) is 8.67. The molecule has 0 saturated carbocycles. The van der Waals surface area contributed by atoms with E-state index in [1.165, 1.54) is 7.11 Å². The van der Waals surface area contributed by atoms with Crippen LogP contribution in [-0.4, -0.2) is 40.1 Å². The zero-order valence-corrected chi connectivity index (χ0v) is 14.2. The van der Waals surface area contributed by atoms with Crippen LogP contribution in [0, 0.1) is 0 Å². The van der Waals surface area contributed by atoms with Crippen molar-refractivity contribution in [2.75, 3.05) is 13.7 Å². The van der Waals surface area contributed by atoms with Gasteiger partial charge in [0.2, 0.25) is 0 Å². The number of methoxy groups -OCH3 is 1. The second kappa shape index (κ2) is 6.37. The molecule has 0 spiro atoms. The number of carbonyl (C=O) groups is 1. The van der Waals surface area contributed by atoms with E-state index in [0.29, 0.717) is 6.61 Å². The molecule has 2 atom stereocenters. The minimum absolute atomic E-state index is 0.156. The lowest BCUT2D eigenvalue weighted by Gasteiger charge is -2.38. The van der Waals surface area contributed by atoms with Gasteiger partial charge < -0.3 is 9.16 Å². The molecule has 1 heterocycles. The molecule has 5 heteroatoms. The first-order valence-electron chi connectivity index (χ1n) is 7.15. The van der Waals surface area contributed by atoms with Gasteiger partial charge in [-0.05, 0) is 37.4 Å². The molecule has 0 radical (unpaired) electrons. The van der Waals surface area contributed by atoms with E-state index >= 15 is 0 Å². The Bertz CT molecular complexity index is 312. The van der Waals surface area contributed by atoms with Gasteiger partial charge in [0, 0.05) is 12.6 Å². The Kier molecular flexibility index (Phi) is 5.59. The summed E-state index contributed by atoms with van der Waals surface area (Å²) in [6.45, 7) is 11.9. The van der Waals surface area contributed by atoms with Gasteiger partial charge in [0.15, 0.2) is 8.32 Å². The number of ether oxygens (including phenoxy) is 1. The standard InChI is InChI=1S/C14H29NO3Si/c1-14(2,3)19(5,6)18-10-11-8-7-9-12(15-11)13(16)17-4/h11-12,15H,7-10H2,1-6H3/t11-,12+/m1/s1. The summed E-state index contributed by atoms with van der Waals surface area (Å²) < 4.78 is 11.0. The molecule has 1 rings (SSSR count). The van der Waals surface area contributed by atoms with Crippen molar-refractivity contribution in [3.63, 3.8) is 0 Å². The minimum Gasteiger partial charge on any atom is -0.468 e. The van der Waals surface area contributed by atoms with Crippen molar-refractivity contribution >= 4 is 14.3 Å². The topological polar surface area (TPSA) is 47.6 Å². The van der Waals surface area contributed by atoms with Gasteiger partial charge in [-0.1, -0.05) is 20.8 Å². The summed E-state index contributed by atoms with van der Waals surface area (Å²) in [5, 5.41) is 3.58. The van der Waals surface area contributed by atoms with Crippen LogP contribution in [0.5, 0.6) is 0 Å². The smallest absolute Gasteiger partial charge is 0.322 e. The predicted octanol–water partition coefficient (Wildman–Crippen LogP) is 2.69. The van der Waals surface area contributed by atoms with Crippen LogP contribution in [0.1, 0.15) is 40.0 Å². The third kappa shape index (κ3) is 4.58. The van der Waals surface area contributed by atoms with Crippen LogP contribution >= 0.6 is 0 Å². The monoisotopic (exact) mass is 287 g/mol. The first kappa shape index (κ1) is 16.7. The Morgan fingerprint density at radius 2 is 1.95 bits per heavy atom. The fraction of sp³-hybridized carbons (Fsp3) is 0.929. The third-order valence-corrected chi connectivity index (χ3v) is 8.92. The Balaban J connectivity index is 2.48. The molecule has 0 amide bonds. The number of esters is 1. The van der Waals surface area contributed by atoms with Gasteiger partial charge >= 0.3 is 5.97 Å². The van der Waals surface area contributed by atoms with E-state index in [9.17, 15) is 4.79 Å². The lowest BCUT2D eigenvalue weighted by Crippen LogP contribution is -2.51. The lowest BCUT2D eigenvalue weighted by atomic mass is 9.99. The molecule has 0 aromatic carbocycles. The molecule has 4 nitrogen and oxygen atoms in total. The van der Waals surface area contributed by atoms with Gasteiger partial charge in [-0.15, -0.1) is 0 Å². The molecule has 1 aliphatic rings. The zero-order valence-electron chi connectivity index (χ0n) is 13.2. The molecule has 1 saturated heterocycles. The van der Waals surface area contributed by atoms with E-state index < -0.39 is 8.32 Å². The second-order valence-corrected chi connectivity index (χ2v) is 11.8. The molecule has 1 N–H and O–H groups in total. The van der Waals surface area contributed by atoms with E-state index in [4.69, 9.17) is 9.16 Å². The van der Waals surface area contributed by atoms with Crippen molar-refractivity contribution in [2.45, 2.75) is 70.2 Å². The van der Waals surface area contributed by atoms with Crippen molar-refractivity contribution in [1.29, 1.82) is 0 Å². The number of piperidine rings is 1. The predicted molar refractivity (Wildman–Crippen MR) is 79.7 cm³/mol. The molecule has 1 aliphatic heterocycles. The molecule has 0 unspecified atom stereocenters. The molecule has 19 heavy (non-hydrogen) atoms. The highest BCUT2D eigenvalue weighted by Crippen LogP contribution is 2.36. The van der Waals surface area contributed by atoms with E-state index in [2.05, 4.69) is 39.2 Å². The van der Waals surface area contributed by atoms with Crippen LogP contribution in [0.3, 0.4) is 0 Å². The minimum atomic E-state index is -1.70. The Morgan fingerprint density at radius 1 is 1.32 bits per heavy atom. The normalized spacial score (nSPS) is 25.2. The highest BCUT2D eigenvalue weighted by atomic mass is 28.4. The first-order valence-corrected chi connectivity index (χ1v) is 10.1. The van der Waals surface area contributed by atoms with Crippen LogP contribution in [0.15, 0.2) is 0 Å². The zero-order chi connectivity index (χ0) is 14.7. The fourth-order valence-electron chi connectivity index (χ4n) is 2.00. The molecule has 0 aliphatic carbocycles. The van der Waals surface area contributed by atoms with Gasteiger partial charge in [0.05, 0.1) is 7.11 Å². The Hall–Kier alpha value is -0.393. The summed E-state index contributed by atoms with van der Waals surface area (Å²) in [4.78, 5) is 11.6. The SMILES string of the molecule is COC(=O)[C@@H]1CCC[C@H](CO[Si](C)(C)C(C)(C)C)N1. The van der Waals surface area contributed by atoms with Crippen LogP contribution in [0.4, 0.5) is 0 Å². The molecular weight excluding hydrogens is 258 g/mol. The maximum absolute atomic E-state index is 11.6. The van der Waals surface area contributed by atoms with Crippen molar-refractivity contribution in [3.05, 3.63) is 0 Å². The maximum atomic E-state index is 11.6. The summed E-state index contributed by atoms with van der Waals surface area (Å²) in [6, 6.07) is 0.110. The van der Waals surface area contributed by atoms with Crippen molar-refractivity contribution < 1.29 is 14.0 Å². The van der Waals surface area contributed by atoms with Crippen molar-refractivity contribution in [3.8, 4) is 0 Å². The Labute approximate surface area is 118 Å². The molecule has 1 fully saturated rings. The van der Waals surface area contributed by atoms with Gasteiger partial charge in [0.25, 0.3) is 0 Å². The van der Waals surface area contributed by atoms with E-state index in [1.54, 1.807) is 0 Å². The van der Waals surface area contributed by atoms with Crippen LogP contribution in [0.25, 0.3) is 0 Å². The Morgan fingerprint density at radius 3 is 2.47 bits per heavy atom. The largest absolute Gasteiger partial charge is 0.468 e. The van der Waals surface area contributed by atoms with Crippen molar-refractivity contribution in [2.24, 2.45) is 0 Å². The van der Waals surface area contributed by atoms with Gasteiger partial charge in [-0.25, -0.2) is 0 Å². The molecule has 0 aromatic rings. The lowest BCUT2D eigenvalue weighted by molar-refractivity contribution is -0.144. The van der Waals surface area contributed by atoms with Gasteiger partial charge in [0.1, 0.15) is 6.04 Å². The number of rotatable bonds is 4. The summed E-state index contributed by atoms with van der Waals surface area (Å²) in [6.07, 6.45) is 2.99. The molecular formula is C14H29NO3Si. The number of nitrogens with one attached hydrogen (secondary N) is 1. The van der Waals surface area contributed by atoms with E-state index in [-0.39, 0.29) is 23.1 Å². The molecule has 112 valence electrons. The maximum Gasteiger partial charge on any atom is 0.322 e. The third-order valence-electron chi connectivity index (χ3n) is 4.42. The number of carbonyl (C=O) groups excluding carboxylic acids is 1. The summed E-state index contributed by atoms with van der Waals surface area (Å²) >= 11 is 0. The molecule has 0 bridgehead atoms. The average Bonchev–Trinajstić information content (AvgIpc) is 2.34. The van der Waals surface area contributed by atoms with Crippen LogP contribution < -0.4 is 5.32 Å². The highest BCUT2D eigenvalue weighted by molar-refractivity contribution is 6.74. The van der Waals surface area contributed by atoms with Crippen LogP contribution in [0.2, 0.25) is 18.1 Å². The average molecular weight is 287 g/mol. The van der Waals surface area contributed by atoms with Gasteiger partial charge in [-0.3, -0.25) is 10.1 Å². The number of hydrogen-bond donors (Lipinski definition) is 1. The summed E-state index contributed by atoms with van der Waals surface area (Å²) in [5.41, 5.74) is 0. The van der Waals surface area contributed by atoms with Gasteiger partial charge in [-0.2, -0.15) is 0 Å². The number of hydrogen-bond acceptors (Lipinski definition) is 4. The van der Waals surface area contributed by atoms with E-state index in [1.807, 2.05) is 0 Å². The molecule has 0 aromatic heterocycles. The quantitative estimate of drug-likeness (QED) is 0.638. The highest BCUT2D eigenvalue weighted by Gasteiger charge is 2.38. The summed E-state index contributed by atoms with van der Waals surface area (Å²) in [5.74, 6) is -0.156. The van der Waals surface area contributed by atoms with Crippen LogP contribution in [-0.2, 0) is 14.0 Å². The fourth-order valence-corrected chi connectivity index (χ4v) is 3.06. The summed E-state index contributed by atoms with van der Waals surface area (Å²) in [7, 11) is -0.258.